The SMILES string of the molecule is CCN(c1ccccc1)S(=O)(=O)c1ccc(OC)c(NC(=O)C2(c3ccc(Cl)cc3)CC2)c1. The number of hydrogen-bond acceptors (Lipinski definition) is 4. The molecule has 1 N–H and O–H groups in total. The Morgan fingerprint density at radius 2 is 1.73 bits per heavy atom. The van der Waals surface area contributed by atoms with Crippen LogP contribution in [0.4, 0.5) is 11.4 Å². The van der Waals surface area contributed by atoms with E-state index in [4.69, 9.17) is 16.3 Å². The lowest BCUT2D eigenvalue weighted by Gasteiger charge is -2.24. The van der Waals surface area contributed by atoms with E-state index in [1.165, 1.54) is 23.5 Å². The molecule has 0 spiro atoms. The Bertz CT molecular complexity index is 1260. The van der Waals surface area contributed by atoms with Crippen molar-refractivity contribution < 1.29 is 17.9 Å². The first-order valence-electron chi connectivity index (χ1n) is 10.6. The Morgan fingerprint density at radius 1 is 1.06 bits per heavy atom. The van der Waals surface area contributed by atoms with Gasteiger partial charge in [0.15, 0.2) is 0 Å². The summed E-state index contributed by atoms with van der Waals surface area (Å²) in [6, 6.07) is 20.6. The molecule has 8 heteroatoms. The number of amides is 1. The van der Waals surface area contributed by atoms with Gasteiger partial charge in [-0.15, -0.1) is 0 Å². The molecule has 0 heterocycles. The van der Waals surface area contributed by atoms with Crippen molar-refractivity contribution in [2.45, 2.75) is 30.1 Å². The van der Waals surface area contributed by atoms with E-state index in [9.17, 15) is 13.2 Å². The van der Waals surface area contributed by atoms with Gasteiger partial charge in [-0.1, -0.05) is 41.9 Å². The lowest BCUT2D eigenvalue weighted by Crippen LogP contribution is -2.31. The average Bonchev–Trinajstić information content (AvgIpc) is 3.63. The summed E-state index contributed by atoms with van der Waals surface area (Å²) >= 11 is 5.99. The summed E-state index contributed by atoms with van der Waals surface area (Å²) in [5.74, 6) is 0.185. The summed E-state index contributed by atoms with van der Waals surface area (Å²) in [7, 11) is -2.37. The summed E-state index contributed by atoms with van der Waals surface area (Å²) < 4.78 is 33.6. The number of ether oxygens (including phenoxy) is 1. The molecule has 3 aromatic carbocycles. The molecule has 0 aliphatic heterocycles. The fourth-order valence-electron chi connectivity index (χ4n) is 3.94. The highest BCUT2D eigenvalue weighted by Crippen LogP contribution is 2.49. The van der Waals surface area contributed by atoms with Crippen LogP contribution in [0.1, 0.15) is 25.3 Å². The van der Waals surface area contributed by atoms with Crippen molar-refractivity contribution in [3.63, 3.8) is 0 Å². The predicted octanol–water partition coefficient (Wildman–Crippen LogP) is 5.23. The van der Waals surface area contributed by atoms with Crippen LogP contribution >= 0.6 is 11.6 Å². The molecule has 0 aromatic heterocycles. The van der Waals surface area contributed by atoms with Crippen molar-refractivity contribution in [2.75, 3.05) is 23.3 Å². The third-order valence-electron chi connectivity index (χ3n) is 5.92. The van der Waals surface area contributed by atoms with Gasteiger partial charge in [0.25, 0.3) is 10.0 Å². The van der Waals surface area contributed by atoms with Crippen molar-refractivity contribution in [1.82, 2.24) is 0 Å². The molecule has 4 rings (SSSR count). The van der Waals surface area contributed by atoms with E-state index in [0.717, 1.165) is 5.56 Å². The molecule has 172 valence electrons. The lowest BCUT2D eigenvalue weighted by atomic mass is 9.95. The summed E-state index contributed by atoms with van der Waals surface area (Å²) in [5.41, 5.74) is 1.12. The number of sulfonamides is 1. The molecule has 3 aromatic rings. The van der Waals surface area contributed by atoms with Crippen LogP contribution in [0, 0.1) is 0 Å². The largest absolute Gasteiger partial charge is 0.495 e. The molecular weight excluding hydrogens is 460 g/mol. The highest BCUT2D eigenvalue weighted by Gasteiger charge is 2.51. The second-order valence-corrected chi connectivity index (χ2v) is 10.2. The molecule has 33 heavy (non-hydrogen) atoms. The van der Waals surface area contributed by atoms with Crippen LogP contribution in [-0.4, -0.2) is 28.0 Å². The molecular formula is C25H25ClN2O4S. The first kappa shape index (κ1) is 23.1. The standard InChI is InChI=1S/C25H25ClN2O4S/c1-3-28(20-7-5-4-6-8-20)33(30,31)21-13-14-23(32-2)22(17-21)27-24(29)25(15-16-25)18-9-11-19(26)12-10-18/h4-14,17H,3,15-16H2,1-2H3,(H,27,29). The molecule has 1 aliphatic carbocycles. The summed E-state index contributed by atoms with van der Waals surface area (Å²) in [4.78, 5) is 13.3. The topological polar surface area (TPSA) is 75.7 Å². The number of nitrogens with one attached hydrogen (secondary N) is 1. The quantitative estimate of drug-likeness (QED) is 0.474. The fourth-order valence-corrected chi connectivity index (χ4v) is 5.57. The van der Waals surface area contributed by atoms with Gasteiger partial charge in [0.05, 0.1) is 28.8 Å². The summed E-state index contributed by atoms with van der Waals surface area (Å²) in [5, 5.41) is 3.51. The highest BCUT2D eigenvalue weighted by molar-refractivity contribution is 7.92. The maximum absolute atomic E-state index is 13.4. The third kappa shape index (κ3) is 4.43. The van der Waals surface area contributed by atoms with Crippen molar-refractivity contribution in [3.05, 3.63) is 83.4 Å². The van der Waals surface area contributed by atoms with E-state index in [0.29, 0.717) is 35.0 Å². The first-order chi connectivity index (χ1) is 15.8. The highest BCUT2D eigenvalue weighted by atomic mass is 35.5. The van der Waals surface area contributed by atoms with Gasteiger partial charge in [-0.3, -0.25) is 9.10 Å². The normalized spacial score (nSPS) is 14.4. The van der Waals surface area contributed by atoms with Gasteiger partial charge in [-0.05, 0) is 67.8 Å². The number of benzene rings is 3. The number of para-hydroxylation sites is 1. The molecule has 0 radical (unpaired) electrons. The van der Waals surface area contributed by atoms with Crippen LogP contribution < -0.4 is 14.4 Å². The molecule has 6 nitrogen and oxygen atoms in total. The molecule has 1 saturated carbocycles. The maximum Gasteiger partial charge on any atom is 0.264 e. The van der Waals surface area contributed by atoms with E-state index >= 15 is 0 Å². The number of halogens is 1. The number of hydrogen-bond donors (Lipinski definition) is 1. The molecule has 1 fully saturated rings. The first-order valence-corrected chi connectivity index (χ1v) is 12.5. The third-order valence-corrected chi connectivity index (χ3v) is 8.07. The van der Waals surface area contributed by atoms with Crippen LogP contribution in [0.5, 0.6) is 5.75 Å². The Kier molecular flexibility index (Phi) is 6.36. The molecule has 0 atom stereocenters. The minimum Gasteiger partial charge on any atom is -0.495 e. The van der Waals surface area contributed by atoms with Crippen molar-refractivity contribution in [3.8, 4) is 5.75 Å². The van der Waals surface area contributed by atoms with Crippen LogP contribution in [-0.2, 0) is 20.2 Å². The zero-order valence-electron chi connectivity index (χ0n) is 18.4. The molecule has 0 unspecified atom stereocenters. The zero-order chi connectivity index (χ0) is 23.6. The Morgan fingerprint density at radius 3 is 2.30 bits per heavy atom. The van der Waals surface area contributed by atoms with E-state index in [1.54, 1.807) is 49.4 Å². The zero-order valence-corrected chi connectivity index (χ0v) is 20.0. The number of anilines is 2. The van der Waals surface area contributed by atoms with Crippen LogP contribution in [0.25, 0.3) is 0 Å². The van der Waals surface area contributed by atoms with Gasteiger partial charge < -0.3 is 10.1 Å². The van der Waals surface area contributed by atoms with Gasteiger partial charge >= 0.3 is 0 Å². The van der Waals surface area contributed by atoms with E-state index in [-0.39, 0.29) is 17.3 Å². The lowest BCUT2D eigenvalue weighted by molar-refractivity contribution is -0.118. The van der Waals surface area contributed by atoms with Gasteiger partial charge in [0, 0.05) is 11.6 Å². The van der Waals surface area contributed by atoms with E-state index < -0.39 is 15.4 Å². The Hall–Kier alpha value is -3.03. The van der Waals surface area contributed by atoms with Crippen LogP contribution in [0.2, 0.25) is 5.02 Å². The minimum atomic E-state index is -3.85. The number of nitrogens with zero attached hydrogens (tertiary/aromatic N) is 1. The fraction of sp³-hybridized carbons (Fsp3) is 0.240. The summed E-state index contributed by atoms with van der Waals surface area (Å²) in [6.07, 6.45) is 1.41. The van der Waals surface area contributed by atoms with Gasteiger partial charge in [0.1, 0.15) is 5.75 Å². The Balaban J connectivity index is 1.66. The van der Waals surface area contributed by atoms with Gasteiger partial charge in [-0.2, -0.15) is 0 Å². The second kappa shape index (κ2) is 9.08. The van der Waals surface area contributed by atoms with Crippen LogP contribution in [0.15, 0.2) is 77.7 Å². The average molecular weight is 485 g/mol. The summed E-state index contributed by atoms with van der Waals surface area (Å²) in [6.45, 7) is 2.04. The van der Waals surface area contributed by atoms with E-state index in [1.807, 2.05) is 18.2 Å². The molecule has 0 saturated heterocycles. The minimum absolute atomic E-state index is 0.0700. The van der Waals surface area contributed by atoms with Gasteiger partial charge in [-0.25, -0.2) is 8.42 Å². The second-order valence-electron chi connectivity index (χ2n) is 7.91. The van der Waals surface area contributed by atoms with Crippen molar-refractivity contribution >= 4 is 38.9 Å². The predicted molar refractivity (Wildman–Crippen MR) is 131 cm³/mol. The number of carbonyl (C=O) groups is 1. The smallest absolute Gasteiger partial charge is 0.264 e. The number of rotatable bonds is 8. The Labute approximate surface area is 199 Å². The number of methoxy groups -OCH3 is 1. The molecule has 1 aliphatic rings. The van der Waals surface area contributed by atoms with Crippen molar-refractivity contribution in [2.24, 2.45) is 0 Å². The van der Waals surface area contributed by atoms with E-state index in [2.05, 4.69) is 5.32 Å². The van der Waals surface area contributed by atoms with Gasteiger partial charge in [0.2, 0.25) is 5.91 Å². The monoisotopic (exact) mass is 484 g/mol. The molecule has 0 bridgehead atoms. The molecule has 1 amide bonds. The van der Waals surface area contributed by atoms with Crippen LogP contribution in [0.3, 0.4) is 0 Å². The number of carbonyl (C=O) groups excluding carboxylic acids is 1. The maximum atomic E-state index is 13.4. The van der Waals surface area contributed by atoms with Crippen molar-refractivity contribution in [1.29, 1.82) is 0 Å².